The number of nitrogens with one attached hydrogen (secondary N) is 2. The second-order valence-corrected chi connectivity index (χ2v) is 7.71. The van der Waals surface area contributed by atoms with Gasteiger partial charge in [-0.1, -0.05) is 23.9 Å². The van der Waals surface area contributed by atoms with E-state index in [4.69, 9.17) is 4.74 Å². The largest absolute Gasteiger partial charge is 0.497 e. The molecule has 0 bridgehead atoms. The van der Waals surface area contributed by atoms with Gasteiger partial charge in [-0.25, -0.2) is 0 Å². The molecule has 2 heterocycles. The van der Waals surface area contributed by atoms with E-state index >= 15 is 0 Å². The predicted molar refractivity (Wildman–Crippen MR) is 107 cm³/mol. The Kier molecular flexibility index (Phi) is 6.16. The van der Waals surface area contributed by atoms with Gasteiger partial charge in [0.2, 0.25) is 11.8 Å². The number of allylic oxidation sites excluding steroid dienone is 1. The van der Waals surface area contributed by atoms with Crippen LogP contribution in [0, 0.1) is 11.3 Å². The zero-order chi connectivity index (χ0) is 19.2. The van der Waals surface area contributed by atoms with Crippen LogP contribution >= 0.6 is 23.1 Å². The van der Waals surface area contributed by atoms with Crippen molar-refractivity contribution >= 4 is 40.6 Å². The van der Waals surface area contributed by atoms with Gasteiger partial charge in [0.1, 0.15) is 5.75 Å². The summed E-state index contributed by atoms with van der Waals surface area (Å²) in [5, 5.41) is 17.5. The lowest BCUT2D eigenvalue weighted by Crippen LogP contribution is -2.31. The number of rotatable bonds is 6. The molecule has 2 amide bonds. The molecule has 2 aromatic rings. The number of ether oxygens (including phenoxy) is 1. The van der Waals surface area contributed by atoms with Crippen molar-refractivity contribution in [2.75, 3.05) is 18.2 Å². The summed E-state index contributed by atoms with van der Waals surface area (Å²) in [5.74, 6) is 0.0874. The molecule has 0 fully saturated rings. The first-order chi connectivity index (χ1) is 13.1. The first-order valence-electron chi connectivity index (χ1n) is 8.15. The van der Waals surface area contributed by atoms with Gasteiger partial charge < -0.3 is 15.4 Å². The number of nitriles is 1. The van der Waals surface area contributed by atoms with Gasteiger partial charge in [-0.05, 0) is 23.6 Å². The van der Waals surface area contributed by atoms with E-state index in [1.807, 2.05) is 17.5 Å². The molecule has 0 spiro atoms. The van der Waals surface area contributed by atoms with Crippen molar-refractivity contribution < 1.29 is 14.3 Å². The summed E-state index contributed by atoms with van der Waals surface area (Å²) in [4.78, 5) is 25.3. The van der Waals surface area contributed by atoms with Crippen molar-refractivity contribution in [3.63, 3.8) is 0 Å². The molecule has 3 rings (SSSR count). The van der Waals surface area contributed by atoms with Crippen molar-refractivity contribution in [2.45, 2.75) is 12.3 Å². The number of thioether (sulfide) groups is 1. The fourth-order valence-electron chi connectivity index (χ4n) is 2.70. The zero-order valence-corrected chi connectivity index (χ0v) is 16.2. The van der Waals surface area contributed by atoms with Crippen LogP contribution in [0.2, 0.25) is 0 Å². The van der Waals surface area contributed by atoms with Crippen LogP contribution in [0.25, 0.3) is 0 Å². The Balaban J connectivity index is 1.70. The third-order valence-electron chi connectivity index (χ3n) is 3.94. The minimum atomic E-state index is -0.257. The lowest BCUT2D eigenvalue weighted by molar-refractivity contribution is -0.121. The van der Waals surface area contributed by atoms with E-state index in [9.17, 15) is 14.9 Å². The molecule has 2 N–H and O–H groups in total. The minimum Gasteiger partial charge on any atom is -0.497 e. The highest BCUT2D eigenvalue weighted by atomic mass is 32.2. The van der Waals surface area contributed by atoms with Crippen LogP contribution in [-0.4, -0.2) is 24.7 Å². The molecule has 0 radical (unpaired) electrons. The van der Waals surface area contributed by atoms with Gasteiger partial charge in [-0.15, -0.1) is 11.3 Å². The highest BCUT2D eigenvalue weighted by molar-refractivity contribution is 8.03. The van der Waals surface area contributed by atoms with Gasteiger partial charge in [0, 0.05) is 29.0 Å². The fraction of sp³-hybridized carbons (Fsp3) is 0.211. The van der Waals surface area contributed by atoms with Crippen molar-refractivity contribution in [1.82, 2.24) is 5.32 Å². The first-order valence-corrected chi connectivity index (χ1v) is 10.0. The number of nitrogens with zero attached hydrogens (tertiary/aromatic N) is 1. The summed E-state index contributed by atoms with van der Waals surface area (Å²) >= 11 is 2.68. The number of carbonyl (C=O) groups is 2. The maximum Gasteiger partial charge on any atom is 0.234 e. The van der Waals surface area contributed by atoms with E-state index in [1.54, 1.807) is 31.4 Å². The molecule has 1 aliphatic rings. The summed E-state index contributed by atoms with van der Waals surface area (Å²) in [6, 6.07) is 13.1. The van der Waals surface area contributed by atoms with Gasteiger partial charge in [-0.2, -0.15) is 5.26 Å². The molecule has 1 aromatic carbocycles. The monoisotopic (exact) mass is 399 g/mol. The number of amides is 2. The normalized spacial score (nSPS) is 16.4. The van der Waals surface area contributed by atoms with Crippen LogP contribution in [0.15, 0.2) is 52.4 Å². The van der Waals surface area contributed by atoms with E-state index < -0.39 is 0 Å². The molecule has 0 saturated carbocycles. The van der Waals surface area contributed by atoms with Gasteiger partial charge in [-0.3, -0.25) is 9.59 Å². The Morgan fingerprint density at radius 2 is 2.30 bits per heavy atom. The van der Waals surface area contributed by atoms with E-state index in [1.165, 1.54) is 11.3 Å². The van der Waals surface area contributed by atoms with Crippen LogP contribution in [0.1, 0.15) is 17.2 Å². The van der Waals surface area contributed by atoms with E-state index in [0.29, 0.717) is 22.0 Å². The summed E-state index contributed by atoms with van der Waals surface area (Å²) in [6.45, 7) is 0. The Hall–Kier alpha value is -2.76. The molecule has 0 aliphatic carbocycles. The average molecular weight is 399 g/mol. The first kappa shape index (κ1) is 19.0. The second-order valence-electron chi connectivity index (χ2n) is 5.74. The SMILES string of the molecule is COc1cccc(NC(=O)CSC2=C(C#N)C(c3cccs3)CC(=O)N2)c1. The van der Waals surface area contributed by atoms with Crippen LogP contribution in [0.3, 0.4) is 0 Å². The molecule has 1 aromatic heterocycles. The highest BCUT2D eigenvalue weighted by Crippen LogP contribution is 2.37. The van der Waals surface area contributed by atoms with Crippen LogP contribution in [-0.2, 0) is 9.59 Å². The Bertz CT molecular complexity index is 917. The smallest absolute Gasteiger partial charge is 0.234 e. The van der Waals surface area contributed by atoms with Crippen molar-refractivity contribution in [3.8, 4) is 11.8 Å². The predicted octanol–water partition coefficient (Wildman–Crippen LogP) is 3.47. The summed E-state index contributed by atoms with van der Waals surface area (Å²) in [6.07, 6.45) is 0.240. The molecule has 1 atom stereocenters. The number of anilines is 1. The number of thiophene rings is 1. The fourth-order valence-corrected chi connectivity index (χ4v) is 4.42. The van der Waals surface area contributed by atoms with Crippen LogP contribution < -0.4 is 15.4 Å². The molecule has 8 heteroatoms. The highest BCUT2D eigenvalue weighted by Gasteiger charge is 2.30. The number of carbonyl (C=O) groups excluding carboxylic acids is 2. The van der Waals surface area contributed by atoms with Crippen LogP contribution in [0.4, 0.5) is 5.69 Å². The molecule has 138 valence electrons. The lowest BCUT2D eigenvalue weighted by atomic mass is 9.93. The van der Waals surface area contributed by atoms with Crippen LogP contribution in [0.5, 0.6) is 5.75 Å². The minimum absolute atomic E-state index is 0.0785. The maximum absolute atomic E-state index is 12.3. The quantitative estimate of drug-likeness (QED) is 0.776. The van der Waals surface area contributed by atoms with E-state index in [2.05, 4.69) is 16.7 Å². The molecule has 27 heavy (non-hydrogen) atoms. The second kappa shape index (κ2) is 8.75. The van der Waals surface area contributed by atoms with Gasteiger partial charge in [0.15, 0.2) is 0 Å². The standard InChI is InChI=1S/C19H17N3O3S2/c1-25-13-5-2-4-12(8-13)21-18(24)11-27-19-15(10-20)14(9-17(23)22-19)16-6-3-7-26-16/h2-8,14H,9,11H2,1H3,(H,21,24)(H,22,23). The Morgan fingerprint density at radius 1 is 1.44 bits per heavy atom. The number of hydrogen-bond donors (Lipinski definition) is 2. The third-order valence-corrected chi connectivity index (χ3v) is 5.95. The number of benzene rings is 1. The van der Waals surface area contributed by atoms with E-state index in [0.717, 1.165) is 16.6 Å². The molecule has 0 saturated heterocycles. The number of methoxy groups -OCH3 is 1. The average Bonchev–Trinajstić information content (AvgIpc) is 3.20. The Morgan fingerprint density at radius 3 is 3.00 bits per heavy atom. The summed E-state index contributed by atoms with van der Waals surface area (Å²) < 4.78 is 5.13. The van der Waals surface area contributed by atoms with Crippen molar-refractivity contribution in [3.05, 3.63) is 57.3 Å². The number of hydrogen-bond acceptors (Lipinski definition) is 6. The topological polar surface area (TPSA) is 91.2 Å². The molecular weight excluding hydrogens is 382 g/mol. The molecular formula is C19H17N3O3S2. The van der Waals surface area contributed by atoms with Crippen molar-refractivity contribution in [1.29, 1.82) is 5.26 Å². The molecule has 1 unspecified atom stereocenters. The summed E-state index contributed by atoms with van der Waals surface area (Å²) in [7, 11) is 1.56. The Labute approximate surface area is 165 Å². The van der Waals surface area contributed by atoms with E-state index in [-0.39, 0.29) is 29.9 Å². The van der Waals surface area contributed by atoms with Gasteiger partial charge in [0.25, 0.3) is 0 Å². The van der Waals surface area contributed by atoms with Crippen molar-refractivity contribution in [2.24, 2.45) is 0 Å². The van der Waals surface area contributed by atoms with Gasteiger partial charge in [0.05, 0.1) is 29.5 Å². The molecule has 6 nitrogen and oxygen atoms in total. The lowest BCUT2D eigenvalue weighted by Gasteiger charge is -2.23. The van der Waals surface area contributed by atoms with Gasteiger partial charge >= 0.3 is 0 Å². The third kappa shape index (κ3) is 4.70. The maximum atomic E-state index is 12.3. The zero-order valence-electron chi connectivity index (χ0n) is 14.5. The molecule has 1 aliphatic heterocycles. The summed E-state index contributed by atoms with van der Waals surface area (Å²) in [5.41, 5.74) is 1.12.